The van der Waals surface area contributed by atoms with E-state index in [-0.39, 0.29) is 23.5 Å². The zero-order chi connectivity index (χ0) is 14.3. The lowest BCUT2D eigenvalue weighted by Gasteiger charge is -2.37. The summed E-state index contributed by atoms with van der Waals surface area (Å²) < 4.78 is 0. The maximum absolute atomic E-state index is 11.6. The second-order valence-electron chi connectivity index (χ2n) is 5.06. The minimum atomic E-state index is -0.450. The summed E-state index contributed by atoms with van der Waals surface area (Å²) >= 11 is 0. The van der Waals surface area contributed by atoms with Gasteiger partial charge in [0.05, 0.1) is 4.92 Å². The molecule has 1 amide bonds. The number of nitrogens with zero attached hydrogens (tertiary/aromatic N) is 4. The van der Waals surface area contributed by atoms with E-state index < -0.39 is 4.92 Å². The van der Waals surface area contributed by atoms with Gasteiger partial charge < -0.3 is 15.5 Å². The lowest BCUT2D eigenvalue weighted by molar-refractivity contribution is -0.384. The number of pyridine rings is 1. The van der Waals surface area contributed by atoms with Crippen molar-refractivity contribution in [3.63, 3.8) is 0 Å². The van der Waals surface area contributed by atoms with E-state index in [0.717, 1.165) is 6.42 Å². The van der Waals surface area contributed by atoms with Crippen LogP contribution in [0.4, 0.5) is 17.3 Å². The lowest BCUT2D eigenvalue weighted by Crippen LogP contribution is -2.51. The van der Waals surface area contributed by atoms with Crippen molar-refractivity contribution in [1.29, 1.82) is 0 Å². The molecule has 1 aromatic heterocycles. The molecule has 2 aliphatic rings. The van der Waals surface area contributed by atoms with Gasteiger partial charge in [0.25, 0.3) is 0 Å². The van der Waals surface area contributed by atoms with Crippen molar-refractivity contribution in [3.05, 3.63) is 22.2 Å². The molecule has 0 aliphatic carbocycles. The number of carbonyl (C=O) groups excluding carboxylic acids is 1. The SMILES string of the molecule is Nc1ccc([N+](=O)[O-])c(N2CCN3C(=O)CCC3C2)n1. The topological polar surface area (TPSA) is 106 Å². The van der Waals surface area contributed by atoms with Crippen LogP contribution in [0, 0.1) is 10.1 Å². The highest BCUT2D eigenvalue weighted by molar-refractivity contribution is 5.79. The van der Waals surface area contributed by atoms with E-state index in [0.29, 0.717) is 31.9 Å². The third-order valence-corrected chi connectivity index (χ3v) is 3.87. The Bertz CT molecular complexity index is 576. The Morgan fingerprint density at radius 3 is 2.95 bits per heavy atom. The lowest BCUT2D eigenvalue weighted by atomic mass is 10.1. The first-order valence-electron chi connectivity index (χ1n) is 6.51. The van der Waals surface area contributed by atoms with E-state index in [9.17, 15) is 14.9 Å². The average Bonchev–Trinajstić information content (AvgIpc) is 2.79. The number of carbonyl (C=O) groups is 1. The van der Waals surface area contributed by atoms with Gasteiger partial charge in [-0.2, -0.15) is 0 Å². The van der Waals surface area contributed by atoms with Crippen LogP contribution in [0.15, 0.2) is 12.1 Å². The first-order valence-corrected chi connectivity index (χ1v) is 6.51. The molecule has 106 valence electrons. The summed E-state index contributed by atoms with van der Waals surface area (Å²) in [5, 5.41) is 11.1. The first kappa shape index (κ1) is 12.6. The Kier molecular flexibility index (Phi) is 2.92. The molecule has 8 nitrogen and oxygen atoms in total. The summed E-state index contributed by atoms with van der Waals surface area (Å²) in [6.07, 6.45) is 1.36. The van der Waals surface area contributed by atoms with Gasteiger partial charge in [-0.1, -0.05) is 0 Å². The smallest absolute Gasteiger partial charge is 0.311 e. The number of rotatable bonds is 2. The monoisotopic (exact) mass is 277 g/mol. The molecular weight excluding hydrogens is 262 g/mol. The van der Waals surface area contributed by atoms with Crippen molar-refractivity contribution < 1.29 is 9.72 Å². The molecule has 1 aromatic rings. The number of amides is 1. The number of piperazine rings is 1. The fourth-order valence-electron chi connectivity index (χ4n) is 2.89. The van der Waals surface area contributed by atoms with Crippen molar-refractivity contribution >= 4 is 23.2 Å². The van der Waals surface area contributed by atoms with Crippen LogP contribution in [0.25, 0.3) is 0 Å². The van der Waals surface area contributed by atoms with Gasteiger partial charge in [-0.3, -0.25) is 14.9 Å². The van der Waals surface area contributed by atoms with E-state index in [1.165, 1.54) is 12.1 Å². The highest BCUT2D eigenvalue weighted by Gasteiger charge is 2.37. The molecule has 3 heterocycles. The van der Waals surface area contributed by atoms with Crippen LogP contribution < -0.4 is 10.6 Å². The Morgan fingerprint density at radius 1 is 1.40 bits per heavy atom. The van der Waals surface area contributed by atoms with Crippen LogP contribution in [0.1, 0.15) is 12.8 Å². The Labute approximate surface area is 115 Å². The largest absolute Gasteiger partial charge is 0.384 e. The predicted octanol–water partition coefficient (Wildman–Crippen LogP) is 0.383. The van der Waals surface area contributed by atoms with Gasteiger partial charge in [-0.15, -0.1) is 0 Å². The zero-order valence-electron chi connectivity index (χ0n) is 10.9. The van der Waals surface area contributed by atoms with Gasteiger partial charge in [0.1, 0.15) is 5.82 Å². The van der Waals surface area contributed by atoms with Gasteiger partial charge in [-0.05, 0) is 12.5 Å². The van der Waals surface area contributed by atoms with Crippen LogP contribution in [0.3, 0.4) is 0 Å². The molecule has 2 aliphatic heterocycles. The van der Waals surface area contributed by atoms with E-state index in [2.05, 4.69) is 4.98 Å². The second-order valence-corrected chi connectivity index (χ2v) is 5.06. The quantitative estimate of drug-likeness (QED) is 0.619. The molecule has 1 unspecified atom stereocenters. The van der Waals surface area contributed by atoms with E-state index in [1.54, 1.807) is 0 Å². The van der Waals surface area contributed by atoms with Crippen molar-refractivity contribution in [2.45, 2.75) is 18.9 Å². The Balaban J connectivity index is 1.89. The van der Waals surface area contributed by atoms with Gasteiger partial charge in [-0.25, -0.2) is 4.98 Å². The number of nitrogen functional groups attached to an aromatic ring is 1. The minimum absolute atomic E-state index is 0.0445. The zero-order valence-corrected chi connectivity index (χ0v) is 10.9. The number of fused-ring (bicyclic) bond motifs is 1. The maximum atomic E-state index is 11.6. The van der Waals surface area contributed by atoms with Gasteiger partial charge >= 0.3 is 5.69 Å². The molecule has 0 aromatic carbocycles. The van der Waals surface area contributed by atoms with E-state index >= 15 is 0 Å². The van der Waals surface area contributed by atoms with Crippen molar-refractivity contribution in [2.75, 3.05) is 30.3 Å². The summed E-state index contributed by atoms with van der Waals surface area (Å²) in [6.45, 7) is 1.69. The fraction of sp³-hybridized carbons (Fsp3) is 0.500. The first-order chi connectivity index (χ1) is 9.56. The van der Waals surface area contributed by atoms with Gasteiger partial charge in [0, 0.05) is 38.2 Å². The standard InChI is InChI=1S/C12H15N5O3/c13-10-3-2-9(17(19)20)12(14-10)15-5-6-16-8(7-15)1-4-11(16)18/h2-3,8H,1,4-7H2,(H2,13,14). The second kappa shape index (κ2) is 4.62. The predicted molar refractivity (Wildman–Crippen MR) is 72.3 cm³/mol. The highest BCUT2D eigenvalue weighted by Crippen LogP contribution is 2.31. The third-order valence-electron chi connectivity index (χ3n) is 3.87. The number of aromatic nitrogens is 1. The van der Waals surface area contributed by atoms with Crippen molar-refractivity contribution in [1.82, 2.24) is 9.88 Å². The summed E-state index contributed by atoms with van der Waals surface area (Å²) in [5.41, 5.74) is 5.59. The number of hydrogen-bond acceptors (Lipinski definition) is 6. The molecule has 0 bridgehead atoms. The average molecular weight is 277 g/mol. The molecule has 2 fully saturated rings. The van der Waals surface area contributed by atoms with Crippen LogP contribution >= 0.6 is 0 Å². The third kappa shape index (κ3) is 2.02. The number of nitrogens with two attached hydrogens (primary N) is 1. The van der Waals surface area contributed by atoms with Crippen molar-refractivity contribution in [2.24, 2.45) is 0 Å². The molecule has 8 heteroatoms. The van der Waals surface area contributed by atoms with Crippen LogP contribution in [0.5, 0.6) is 0 Å². The normalized spacial score (nSPS) is 22.0. The molecule has 1 atom stereocenters. The Hall–Kier alpha value is -2.38. The summed E-state index contributed by atoms with van der Waals surface area (Å²) in [5.74, 6) is 0.731. The summed E-state index contributed by atoms with van der Waals surface area (Å²) in [4.78, 5) is 30.1. The van der Waals surface area contributed by atoms with E-state index in [4.69, 9.17) is 5.73 Å². The maximum Gasteiger partial charge on any atom is 0.311 e. The molecule has 0 saturated carbocycles. The minimum Gasteiger partial charge on any atom is -0.384 e. The molecule has 2 saturated heterocycles. The summed E-state index contributed by atoms with van der Waals surface area (Å²) in [6, 6.07) is 2.93. The number of nitro groups is 1. The van der Waals surface area contributed by atoms with Gasteiger partial charge in [0.2, 0.25) is 11.7 Å². The molecule has 2 N–H and O–H groups in total. The van der Waals surface area contributed by atoms with Crippen LogP contribution in [0.2, 0.25) is 0 Å². The molecular formula is C12H15N5O3. The molecule has 0 radical (unpaired) electrons. The summed E-state index contributed by atoms with van der Waals surface area (Å²) in [7, 11) is 0. The molecule has 0 spiro atoms. The van der Waals surface area contributed by atoms with Crippen molar-refractivity contribution in [3.8, 4) is 0 Å². The van der Waals surface area contributed by atoms with Crippen LogP contribution in [-0.4, -0.2) is 46.4 Å². The van der Waals surface area contributed by atoms with Crippen LogP contribution in [-0.2, 0) is 4.79 Å². The van der Waals surface area contributed by atoms with E-state index in [1.807, 2.05) is 9.80 Å². The number of hydrogen-bond donors (Lipinski definition) is 1. The molecule has 3 rings (SSSR count). The highest BCUT2D eigenvalue weighted by atomic mass is 16.6. The Morgan fingerprint density at radius 2 is 2.20 bits per heavy atom. The molecule has 20 heavy (non-hydrogen) atoms. The fourth-order valence-corrected chi connectivity index (χ4v) is 2.89. The van der Waals surface area contributed by atoms with Gasteiger partial charge in [0.15, 0.2) is 0 Å². The number of anilines is 2.